The Kier molecular flexibility index (Phi) is 38.1. The minimum absolute atomic E-state index is 0. The zero-order valence-electron chi connectivity index (χ0n) is 35.7. The van der Waals surface area contributed by atoms with Crippen molar-refractivity contribution in [1.29, 1.82) is 0 Å². The molecule has 338 valence electrons. The molecule has 10 nitrogen and oxygen atoms in total. The average molecular weight is 1180 g/mol. The summed E-state index contributed by atoms with van der Waals surface area (Å²) in [7, 11) is -1.44. The summed E-state index contributed by atoms with van der Waals surface area (Å²) < 4.78 is 26.6. The standard InChI is InChI=1S/C20H22O5.C12H10O4.C11H20OSi.CH4.8V.H2/c1-2-24-18(22)20-14-9-5-3-7-12(14)16(21)11-15(20)13-8-4-6-10-17(13)25-19(20)23;1-2-15-11(13)9-7-8-5-3-4-6-10(8)16-12(9)14;1-10(12-13(2,3)4)11-8-6-5-7-9-11;;;;;;;;;;/h4,6,8,10,12,14-15H,2-3,5,7,9,11H2,1H3;3-7H,2H2,1H3;8H,1,5-7,9H2,2-4H3;1H4;;;;;;;;;1H. The second-order valence-electron chi connectivity index (χ2n) is 15.1. The van der Waals surface area contributed by atoms with E-state index in [0.717, 1.165) is 37.0 Å². The van der Waals surface area contributed by atoms with Crippen LogP contribution in [0, 0.1) is 17.3 Å². The van der Waals surface area contributed by atoms with Gasteiger partial charge in [0.05, 0.1) is 19.0 Å². The number of carbonyl (C=O) groups excluding carboxylic acids is 4. The molecule has 4 atom stereocenters. The maximum atomic E-state index is 13.2. The number of fused-ring (bicyclic) bond motifs is 6. The summed E-state index contributed by atoms with van der Waals surface area (Å²) >= 11 is 0. The van der Waals surface area contributed by atoms with Crippen LogP contribution < -0.4 is 10.4 Å². The minimum Gasteiger partial charge on any atom is -0.545 e. The van der Waals surface area contributed by atoms with Gasteiger partial charge in [-0.05, 0) is 102 Å². The van der Waals surface area contributed by atoms with E-state index in [2.05, 4.69) is 32.3 Å². The summed E-state index contributed by atoms with van der Waals surface area (Å²) in [5.74, 6) is -1.22. The molecule has 2 aromatic carbocycles. The largest absolute Gasteiger partial charge is 0.545 e. The van der Waals surface area contributed by atoms with Crippen LogP contribution in [0.25, 0.3) is 11.0 Å². The van der Waals surface area contributed by atoms with Crippen molar-refractivity contribution in [3.05, 3.63) is 100 Å². The Morgan fingerprint density at radius 3 is 2.03 bits per heavy atom. The molecular formula is C44H58O10SiV8. The molecule has 2 saturated carbocycles. The maximum absolute atomic E-state index is 13.2. The topological polar surface area (TPSA) is 135 Å². The number of benzene rings is 2. The van der Waals surface area contributed by atoms with E-state index in [9.17, 15) is 24.0 Å². The first-order valence-electron chi connectivity index (χ1n) is 19.1. The van der Waals surface area contributed by atoms with Crippen LogP contribution in [-0.2, 0) is 177 Å². The van der Waals surface area contributed by atoms with Crippen LogP contribution >= 0.6 is 0 Å². The van der Waals surface area contributed by atoms with Gasteiger partial charge in [-0.2, -0.15) is 0 Å². The molecule has 0 saturated heterocycles. The van der Waals surface area contributed by atoms with Gasteiger partial charge < -0.3 is 23.1 Å². The van der Waals surface area contributed by atoms with E-state index in [-0.39, 0.29) is 200 Å². The smallest absolute Gasteiger partial charge is 0.351 e. The van der Waals surface area contributed by atoms with Gasteiger partial charge in [0.15, 0.2) is 5.41 Å². The molecule has 3 aromatic rings. The van der Waals surface area contributed by atoms with Crippen molar-refractivity contribution in [3.63, 3.8) is 0 Å². The SMILES string of the molecule is C.C=C(O[Si](C)(C)C)C1=CCCCC1.CCOC(=O)C12C(=O)Oc3ccccc3C1CC(=O)C1CCCCC12.CCOC(=O)c1cc2ccccc2oc1=O.[HH].[V].[V].[V].[V].[V].[V].[V].[V]. The van der Waals surface area contributed by atoms with Gasteiger partial charge in [-0.3, -0.25) is 14.4 Å². The van der Waals surface area contributed by atoms with Crippen molar-refractivity contribution >= 4 is 43.0 Å². The average Bonchev–Trinajstić information content (AvgIpc) is 3.15. The van der Waals surface area contributed by atoms with Crippen LogP contribution in [0.1, 0.15) is 102 Å². The molecule has 19 heteroatoms. The third kappa shape index (κ3) is 17.7. The van der Waals surface area contributed by atoms with Crippen LogP contribution in [-0.4, -0.2) is 45.2 Å². The molecule has 1 aromatic heterocycles. The summed E-state index contributed by atoms with van der Waals surface area (Å²) in [6, 6.07) is 15.7. The van der Waals surface area contributed by atoms with Crippen LogP contribution in [0.15, 0.2) is 87.8 Å². The Balaban J connectivity index is -0.000000192. The Morgan fingerprint density at radius 1 is 0.825 bits per heavy atom. The Bertz CT molecular complexity index is 2010. The molecule has 0 bridgehead atoms. The van der Waals surface area contributed by atoms with Crippen LogP contribution in [0.5, 0.6) is 5.75 Å². The maximum Gasteiger partial charge on any atom is 0.351 e. The van der Waals surface area contributed by atoms with E-state index in [4.69, 9.17) is 23.1 Å². The molecule has 2 fully saturated rings. The molecule has 3 aliphatic carbocycles. The fraction of sp³-hybridized carbons (Fsp3) is 0.477. The van der Waals surface area contributed by atoms with Gasteiger partial charge in [-0.1, -0.05) is 69.3 Å². The number of hydrogen-bond acceptors (Lipinski definition) is 10. The molecule has 4 aliphatic rings. The molecule has 1 aliphatic heterocycles. The van der Waals surface area contributed by atoms with Gasteiger partial charge in [0.25, 0.3) is 0 Å². The predicted molar refractivity (Wildman–Crippen MR) is 216 cm³/mol. The monoisotopic (exact) mass is 1180 g/mol. The zero-order valence-corrected chi connectivity index (χ0v) is 47.8. The number of carbonyl (C=O) groups is 4. The number of para-hydroxylation sites is 2. The second-order valence-corrected chi connectivity index (χ2v) is 19.5. The van der Waals surface area contributed by atoms with Gasteiger partial charge >= 0.3 is 23.5 Å². The van der Waals surface area contributed by atoms with Crippen molar-refractivity contribution in [2.45, 2.75) is 105 Å². The van der Waals surface area contributed by atoms with Crippen molar-refractivity contribution in [2.24, 2.45) is 17.3 Å². The fourth-order valence-corrected chi connectivity index (χ4v) is 8.97. The van der Waals surface area contributed by atoms with Crippen LogP contribution in [0.4, 0.5) is 0 Å². The first-order valence-corrected chi connectivity index (χ1v) is 22.5. The zero-order chi connectivity index (χ0) is 39.0. The van der Waals surface area contributed by atoms with Gasteiger partial charge in [-0.25, -0.2) is 9.59 Å². The van der Waals surface area contributed by atoms with Crippen molar-refractivity contribution in [3.8, 4) is 5.75 Å². The molecule has 2 heterocycles. The Hall–Kier alpha value is -0.0978. The number of ketones is 1. The van der Waals surface area contributed by atoms with Gasteiger partial charge in [0.2, 0.25) is 8.32 Å². The van der Waals surface area contributed by atoms with E-state index in [0.29, 0.717) is 23.1 Å². The van der Waals surface area contributed by atoms with Crippen molar-refractivity contribution < 1.29 is 192 Å². The van der Waals surface area contributed by atoms with E-state index < -0.39 is 43.2 Å². The van der Waals surface area contributed by atoms with Crippen molar-refractivity contribution in [1.82, 2.24) is 0 Å². The molecule has 0 spiro atoms. The summed E-state index contributed by atoms with van der Waals surface area (Å²) in [6.07, 6.45) is 10.8. The number of ether oxygens (including phenoxy) is 3. The second kappa shape index (κ2) is 33.4. The van der Waals surface area contributed by atoms with E-state index >= 15 is 0 Å². The van der Waals surface area contributed by atoms with E-state index in [1.807, 2.05) is 12.1 Å². The molecule has 7 rings (SSSR count). The third-order valence-corrected chi connectivity index (χ3v) is 11.2. The summed E-state index contributed by atoms with van der Waals surface area (Å²) in [4.78, 5) is 62.0. The Morgan fingerprint density at radius 2 is 1.43 bits per heavy atom. The first kappa shape index (κ1) is 71.9. The summed E-state index contributed by atoms with van der Waals surface area (Å²) in [5.41, 5.74) is 0.447. The number of rotatable bonds is 7. The predicted octanol–water partition coefficient (Wildman–Crippen LogP) is 9.70. The molecular weight excluding hydrogens is 1120 g/mol. The van der Waals surface area contributed by atoms with Gasteiger partial charge in [-0.15, -0.1) is 0 Å². The molecule has 8 radical (unpaired) electrons. The van der Waals surface area contributed by atoms with Crippen molar-refractivity contribution in [2.75, 3.05) is 13.2 Å². The molecule has 4 unspecified atom stereocenters. The number of esters is 3. The Labute approximate surface area is 470 Å². The van der Waals surface area contributed by atoms with Gasteiger partial charge in [0.1, 0.15) is 22.7 Å². The molecule has 0 amide bonds. The normalized spacial score (nSPS) is 19.6. The van der Waals surface area contributed by atoms with Crippen LogP contribution in [0.2, 0.25) is 19.6 Å². The number of hydrogen-bond donors (Lipinski definition) is 0. The third-order valence-electron chi connectivity index (χ3n) is 10.4. The van der Waals surface area contributed by atoms with E-state index in [1.54, 1.807) is 50.2 Å². The first-order chi connectivity index (χ1) is 25.8. The van der Waals surface area contributed by atoms with Gasteiger partial charge in [0, 0.05) is 179 Å². The number of allylic oxidation sites excluding steroid dienone is 2. The summed E-state index contributed by atoms with van der Waals surface area (Å²) in [6.45, 7) is 14.4. The minimum atomic E-state index is -1.44. The summed E-state index contributed by atoms with van der Waals surface area (Å²) in [5, 5.41) is 0.699. The molecule has 0 N–H and O–H groups in total. The molecule has 63 heavy (non-hydrogen) atoms. The van der Waals surface area contributed by atoms with Crippen LogP contribution in [0.3, 0.4) is 0 Å². The number of Topliss-reactive ketones (excluding diaryl/α,β-unsaturated/α-hetero) is 1. The quantitative estimate of drug-likeness (QED) is 0.0562. The fourth-order valence-electron chi connectivity index (χ4n) is 8.09. The van der Waals surface area contributed by atoms with E-state index in [1.165, 1.54) is 30.9 Å².